The fourth-order valence-corrected chi connectivity index (χ4v) is 3.73. The number of ether oxygens (including phenoxy) is 1. The molecule has 5 nitrogen and oxygen atoms in total. The first kappa shape index (κ1) is 17.7. The first-order chi connectivity index (χ1) is 12.1. The molecular formula is C20H27N3O2. The largest absolute Gasteiger partial charge is 0.383 e. The quantitative estimate of drug-likeness (QED) is 0.872. The zero-order chi connectivity index (χ0) is 17.7. The van der Waals surface area contributed by atoms with Gasteiger partial charge < -0.3 is 10.1 Å². The summed E-state index contributed by atoms with van der Waals surface area (Å²) < 4.78 is 6.86. The minimum Gasteiger partial charge on any atom is -0.383 e. The molecular weight excluding hydrogens is 314 g/mol. The Balaban J connectivity index is 1.81. The van der Waals surface area contributed by atoms with Crippen LogP contribution >= 0.6 is 0 Å². The van der Waals surface area contributed by atoms with E-state index in [2.05, 4.69) is 41.6 Å². The van der Waals surface area contributed by atoms with Crippen LogP contribution < -0.4 is 5.32 Å². The summed E-state index contributed by atoms with van der Waals surface area (Å²) in [6.45, 7) is 3.36. The van der Waals surface area contributed by atoms with Gasteiger partial charge in [-0.15, -0.1) is 0 Å². The van der Waals surface area contributed by atoms with Gasteiger partial charge in [0.1, 0.15) is 0 Å². The maximum Gasteiger partial charge on any atom is 0.235 e. The van der Waals surface area contributed by atoms with Gasteiger partial charge in [0.15, 0.2) is 0 Å². The van der Waals surface area contributed by atoms with Crippen molar-refractivity contribution in [1.29, 1.82) is 0 Å². The Kier molecular flexibility index (Phi) is 5.53. The molecule has 0 spiro atoms. The lowest BCUT2D eigenvalue weighted by molar-refractivity contribution is -0.122. The van der Waals surface area contributed by atoms with Gasteiger partial charge in [0.05, 0.1) is 30.5 Å². The highest BCUT2D eigenvalue weighted by Gasteiger charge is 2.41. The second-order valence-electron chi connectivity index (χ2n) is 6.95. The molecule has 3 rings (SSSR count). The third-order valence-electron chi connectivity index (χ3n) is 5.13. The first-order valence-corrected chi connectivity index (χ1v) is 9.04. The van der Waals surface area contributed by atoms with E-state index in [4.69, 9.17) is 4.74 Å². The number of hydrogen-bond acceptors (Lipinski definition) is 3. The van der Waals surface area contributed by atoms with Crippen molar-refractivity contribution in [1.82, 2.24) is 9.78 Å². The highest BCUT2D eigenvalue weighted by molar-refractivity contribution is 5.99. The average molecular weight is 341 g/mol. The van der Waals surface area contributed by atoms with Crippen LogP contribution in [0.15, 0.2) is 36.7 Å². The smallest absolute Gasteiger partial charge is 0.235 e. The second kappa shape index (κ2) is 7.83. The first-order valence-electron chi connectivity index (χ1n) is 9.04. The van der Waals surface area contributed by atoms with Crippen LogP contribution in [0.3, 0.4) is 0 Å². The fraction of sp³-hybridized carbons (Fsp3) is 0.500. The van der Waals surface area contributed by atoms with Gasteiger partial charge in [0.2, 0.25) is 5.91 Å². The van der Waals surface area contributed by atoms with Crippen molar-refractivity contribution < 1.29 is 9.53 Å². The molecule has 1 N–H and O–H groups in total. The Labute approximate surface area is 149 Å². The highest BCUT2D eigenvalue weighted by Crippen LogP contribution is 2.40. The maximum absolute atomic E-state index is 13.3. The number of methoxy groups -OCH3 is 1. The van der Waals surface area contributed by atoms with Gasteiger partial charge in [0.25, 0.3) is 0 Å². The van der Waals surface area contributed by atoms with Crippen LogP contribution in [0.25, 0.3) is 0 Å². The Bertz CT molecular complexity index is 717. The van der Waals surface area contributed by atoms with Crippen molar-refractivity contribution in [3.8, 4) is 0 Å². The molecule has 134 valence electrons. The summed E-state index contributed by atoms with van der Waals surface area (Å²) in [5.41, 5.74) is 2.65. The Morgan fingerprint density at radius 2 is 2.12 bits per heavy atom. The zero-order valence-electron chi connectivity index (χ0n) is 15.1. The number of amides is 1. The Morgan fingerprint density at radius 3 is 2.84 bits per heavy atom. The van der Waals surface area contributed by atoms with Crippen LogP contribution in [0.2, 0.25) is 0 Å². The molecule has 25 heavy (non-hydrogen) atoms. The minimum absolute atomic E-state index is 0.0871. The molecule has 0 saturated heterocycles. The maximum atomic E-state index is 13.3. The van der Waals surface area contributed by atoms with E-state index in [0.29, 0.717) is 13.2 Å². The number of nitrogens with zero attached hydrogens (tertiary/aromatic N) is 2. The lowest BCUT2D eigenvalue weighted by atomic mass is 9.68. The summed E-state index contributed by atoms with van der Waals surface area (Å²) in [4.78, 5) is 13.3. The minimum atomic E-state index is -0.432. The van der Waals surface area contributed by atoms with Crippen molar-refractivity contribution in [2.75, 3.05) is 19.0 Å². The van der Waals surface area contributed by atoms with E-state index in [9.17, 15) is 4.79 Å². The van der Waals surface area contributed by atoms with E-state index in [-0.39, 0.29) is 5.91 Å². The van der Waals surface area contributed by atoms with Gasteiger partial charge in [-0.2, -0.15) is 5.10 Å². The van der Waals surface area contributed by atoms with Crippen molar-refractivity contribution in [2.24, 2.45) is 0 Å². The number of carbonyl (C=O) groups excluding carboxylic acids is 1. The average Bonchev–Trinajstić information content (AvgIpc) is 3.08. The predicted molar refractivity (Wildman–Crippen MR) is 98.7 cm³/mol. The molecule has 2 aromatic rings. The van der Waals surface area contributed by atoms with Crippen molar-refractivity contribution in [2.45, 2.75) is 51.0 Å². The molecule has 1 heterocycles. The summed E-state index contributed by atoms with van der Waals surface area (Å²) in [7, 11) is 1.67. The summed E-state index contributed by atoms with van der Waals surface area (Å²) >= 11 is 0. The number of aromatic nitrogens is 2. The number of hydrogen-bond donors (Lipinski definition) is 1. The van der Waals surface area contributed by atoms with Crippen LogP contribution in [-0.2, 0) is 21.5 Å². The molecule has 1 amide bonds. The summed E-state index contributed by atoms with van der Waals surface area (Å²) in [5.74, 6) is 0.0871. The number of aryl methyl sites for hydroxylation is 1. The molecule has 1 aromatic heterocycles. The van der Waals surface area contributed by atoms with Gasteiger partial charge >= 0.3 is 0 Å². The van der Waals surface area contributed by atoms with Crippen LogP contribution in [0.4, 0.5) is 5.69 Å². The molecule has 1 saturated carbocycles. The van der Waals surface area contributed by atoms with E-state index >= 15 is 0 Å². The van der Waals surface area contributed by atoms with Crippen LogP contribution in [0.5, 0.6) is 0 Å². The molecule has 0 atom stereocenters. The molecule has 0 aliphatic heterocycles. The van der Waals surface area contributed by atoms with E-state index in [0.717, 1.165) is 36.9 Å². The van der Waals surface area contributed by atoms with E-state index in [1.54, 1.807) is 18.0 Å². The van der Waals surface area contributed by atoms with E-state index < -0.39 is 5.41 Å². The number of benzene rings is 1. The van der Waals surface area contributed by atoms with Crippen molar-refractivity contribution in [3.05, 3.63) is 47.8 Å². The van der Waals surface area contributed by atoms with Gasteiger partial charge in [-0.1, -0.05) is 49.1 Å². The lowest BCUT2D eigenvalue weighted by Crippen LogP contribution is -2.42. The molecule has 5 heteroatoms. The number of carbonyl (C=O) groups is 1. The van der Waals surface area contributed by atoms with E-state index in [1.807, 2.05) is 6.20 Å². The molecule has 0 bridgehead atoms. The Morgan fingerprint density at radius 1 is 1.32 bits per heavy atom. The van der Waals surface area contributed by atoms with Crippen LogP contribution in [0.1, 0.15) is 43.2 Å². The molecule has 1 aromatic carbocycles. The zero-order valence-corrected chi connectivity index (χ0v) is 15.1. The fourth-order valence-electron chi connectivity index (χ4n) is 3.73. The summed E-state index contributed by atoms with van der Waals surface area (Å²) in [6.07, 6.45) is 8.77. The van der Waals surface area contributed by atoms with Crippen molar-refractivity contribution in [3.63, 3.8) is 0 Å². The van der Waals surface area contributed by atoms with Gasteiger partial charge in [-0.3, -0.25) is 9.48 Å². The SMILES string of the molecule is COCCn1cc(NC(=O)C2(c3cccc(C)c3)CCCCC2)cn1. The predicted octanol–water partition coefficient (Wildman–Crippen LogP) is 3.68. The van der Waals surface area contributed by atoms with Crippen molar-refractivity contribution >= 4 is 11.6 Å². The number of nitrogens with one attached hydrogen (secondary N) is 1. The standard InChI is InChI=1S/C20H27N3O2/c1-16-7-6-8-17(13-16)20(9-4-3-5-10-20)19(24)22-18-14-21-23(15-18)11-12-25-2/h6-8,13-15H,3-5,9-12H2,1-2H3,(H,22,24). The Hall–Kier alpha value is -2.14. The molecule has 0 unspecified atom stereocenters. The lowest BCUT2D eigenvalue weighted by Gasteiger charge is -2.36. The van der Waals surface area contributed by atoms with Gasteiger partial charge in [0, 0.05) is 13.3 Å². The normalized spacial score (nSPS) is 16.6. The second-order valence-corrected chi connectivity index (χ2v) is 6.95. The third-order valence-corrected chi connectivity index (χ3v) is 5.13. The monoisotopic (exact) mass is 341 g/mol. The topological polar surface area (TPSA) is 56.1 Å². The number of anilines is 1. The van der Waals surface area contributed by atoms with Gasteiger partial charge in [-0.05, 0) is 25.3 Å². The van der Waals surface area contributed by atoms with Crippen LogP contribution in [-0.4, -0.2) is 29.4 Å². The molecule has 0 radical (unpaired) electrons. The number of rotatable bonds is 6. The molecule has 1 fully saturated rings. The van der Waals surface area contributed by atoms with Gasteiger partial charge in [-0.25, -0.2) is 0 Å². The molecule has 1 aliphatic carbocycles. The third kappa shape index (κ3) is 3.93. The van der Waals surface area contributed by atoms with E-state index in [1.165, 1.54) is 12.0 Å². The summed E-state index contributed by atoms with van der Waals surface area (Å²) in [5, 5.41) is 7.39. The highest BCUT2D eigenvalue weighted by atomic mass is 16.5. The summed E-state index contributed by atoms with van der Waals surface area (Å²) in [6, 6.07) is 8.39. The molecule has 1 aliphatic rings. The van der Waals surface area contributed by atoms with Crippen LogP contribution in [0, 0.1) is 6.92 Å².